The SMILES string of the molecule is CSC1CCCC(NC2CCCCC2C2CCCCN2)C1. The number of hydrogen-bond acceptors (Lipinski definition) is 3. The van der Waals surface area contributed by atoms with E-state index in [4.69, 9.17) is 0 Å². The van der Waals surface area contributed by atoms with Gasteiger partial charge in [-0.2, -0.15) is 11.8 Å². The summed E-state index contributed by atoms with van der Waals surface area (Å²) in [5, 5.41) is 8.86. The van der Waals surface area contributed by atoms with E-state index in [1.807, 2.05) is 0 Å². The molecule has 1 saturated heterocycles. The smallest absolute Gasteiger partial charge is 0.0113 e. The monoisotopic (exact) mass is 310 g/mol. The van der Waals surface area contributed by atoms with Gasteiger partial charge in [-0.15, -0.1) is 0 Å². The van der Waals surface area contributed by atoms with Crippen molar-refractivity contribution in [1.29, 1.82) is 0 Å². The van der Waals surface area contributed by atoms with Crippen molar-refractivity contribution in [3.8, 4) is 0 Å². The lowest BCUT2D eigenvalue weighted by Gasteiger charge is -2.42. The van der Waals surface area contributed by atoms with E-state index in [1.165, 1.54) is 77.2 Å². The van der Waals surface area contributed by atoms with Gasteiger partial charge in [-0.05, 0) is 63.7 Å². The van der Waals surface area contributed by atoms with Gasteiger partial charge in [0.1, 0.15) is 0 Å². The first kappa shape index (κ1) is 16.1. The molecule has 2 saturated carbocycles. The van der Waals surface area contributed by atoms with Crippen LogP contribution in [0.1, 0.15) is 70.6 Å². The first-order chi connectivity index (χ1) is 10.4. The fraction of sp³-hybridized carbons (Fsp3) is 1.00. The summed E-state index contributed by atoms with van der Waals surface area (Å²) < 4.78 is 0. The Morgan fingerprint density at radius 3 is 2.57 bits per heavy atom. The van der Waals surface area contributed by atoms with Gasteiger partial charge in [-0.3, -0.25) is 0 Å². The third-order valence-corrected chi connectivity index (χ3v) is 7.19. The highest BCUT2D eigenvalue weighted by Crippen LogP contribution is 2.33. The van der Waals surface area contributed by atoms with Crippen molar-refractivity contribution in [3.63, 3.8) is 0 Å². The highest BCUT2D eigenvalue weighted by molar-refractivity contribution is 7.99. The molecule has 2 aliphatic carbocycles. The Morgan fingerprint density at radius 2 is 1.76 bits per heavy atom. The molecule has 5 unspecified atom stereocenters. The summed E-state index contributed by atoms with van der Waals surface area (Å²) in [7, 11) is 0. The molecule has 5 atom stereocenters. The van der Waals surface area contributed by atoms with Crippen LogP contribution >= 0.6 is 11.8 Å². The van der Waals surface area contributed by atoms with Gasteiger partial charge in [0.25, 0.3) is 0 Å². The molecule has 1 aliphatic heterocycles. The van der Waals surface area contributed by atoms with Crippen LogP contribution in [-0.2, 0) is 0 Å². The van der Waals surface area contributed by atoms with Crippen molar-refractivity contribution < 1.29 is 0 Å². The number of piperidine rings is 1. The summed E-state index contributed by atoms with van der Waals surface area (Å²) in [4.78, 5) is 0. The van der Waals surface area contributed by atoms with Crippen molar-refractivity contribution in [1.82, 2.24) is 10.6 Å². The normalized spacial score (nSPS) is 41.9. The molecule has 3 fully saturated rings. The molecule has 1 heterocycles. The Kier molecular flexibility index (Phi) is 6.31. The zero-order chi connectivity index (χ0) is 14.5. The van der Waals surface area contributed by atoms with Crippen LogP contribution in [0.5, 0.6) is 0 Å². The van der Waals surface area contributed by atoms with E-state index in [1.54, 1.807) is 0 Å². The zero-order valence-corrected chi connectivity index (χ0v) is 14.6. The van der Waals surface area contributed by atoms with E-state index in [0.29, 0.717) is 0 Å². The molecule has 0 aromatic heterocycles. The predicted octanol–water partition coefficient (Wildman–Crippen LogP) is 3.95. The zero-order valence-electron chi connectivity index (χ0n) is 13.8. The molecule has 3 heteroatoms. The summed E-state index contributed by atoms with van der Waals surface area (Å²) in [6.07, 6.45) is 18.0. The van der Waals surface area contributed by atoms with Gasteiger partial charge in [-0.1, -0.05) is 25.7 Å². The maximum absolute atomic E-state index is 4.12. The second-order valence-electron chi connectivity index (χ2n) is 7.50. The van der Waals surface area contributed by atoms with Crippen LogP contribution in [0.15, 0.2) is 0 Å². The Balaban J connectivity index is 1.56. The van der Waals surface area contributed by atoms with Crippen molar-refractivity contribution in [3.05, 3.63) is 0 Å². The highest BCUT2D eigenvalue weighted by Gasteiger charge is 2.34. The molecule has 2 nitrogen and oxygen atoms in total. The van der Waals surface area contributed by atoms with E-state index in [2.05, 4.69) is 28.7 Å². The fourth-order valence-electron chi connectivity index (χ4n) is 4.91. The molecule has 122 valence electrons. The van der Waals surface area contributed by atoms with Gasteiger partial charge >= 0.3 is 0 Å². The standard InChI is InChI=1S/C18H34N2S/c1-21-15-8-6-7-14(13-15)20-18-11-3-2-9-16(18)17-10-4-5-12-19-17/h14-20H,2-13H2,1H3. The molecule has 0 aromatic rings. The number of nitrogens with one attached hydrogen (secondary N) is 2. The lowest BCUT2D eigenvalue weighted by atomic mass is 9.76. The van der Waals surface area contributed by atoms with E-state index >= 15 is 0 Å². The van der Waals surface area contributed by atoms with Crippen LogP contribution in [0.3, 0.4) is 0 Å². The molecule has 0 spiro atoms. The summed E-state index contributed by atoms with van der Waals surface area (Å²) in [6, 6.07) is 2.39. The van der Waals surface area contributed by atoms with Crippen LogP contribution in [-0.4, -0.2) is 36.2 Å². The average Bonchev–Trinajstić information content (AvgIpc) is 2.56. The van der Waals surface area contributed by atoms with Gasteiger partial charge < -0.3 is 10.6 Å². The number of hydrogen-bond donors (Lipinski definition) is 2. The van der Waals surface area contributed by atoms with E-state index in [-0.39, 0.29) is 0 Å². The van der Waals surface area contributed by atoms with Crippen molar-refractivity contribution in [2.45, 2.75) is 94.0 Å². The molecular formula is C18H34N2S. The van der Waals surface area contributed by atoms with Crippen molar-refractivity contribution in [2.75, 3.05) is 12.8 Å². The first-order valence-electron chi connectivity index (χ1n) is 9.39. The Labute approximate surface area is 135 Å². The van der Waals surface area contributed by atoms with Crippen molar-refractivity contribution in [2.24, 2.45) is 5.92 Å². The summed E-state index contributed by atoms with van der Waals surface area (Å²) in [5.41, 5.74) is 0. The summed E-state index contributed by atoms with van der Waals surface area (Å²) >= 11 is 2.09. The van der Waals surface area contributed by atoms with Gasteiger partial charge in [-0.25, -0.2) is 0 Å². The summed E-state index contributed by atoms with van der Waals surface area (Å²) in [6.45, 7) is 1.26. The van der Waals surface area contributed by atoms with Crippen LogP contribution in [0.4, 0.5) is 0 Å². The minimum Gasteiger partial charge on any atom is -0.314 e. The Morgan fingerprint density at radius 1 is 0.905 bits per heavy atom. The minimum absolute atomic E-state index is 0.792. The van der Waals surface area contributed by atoms with Crippen LogP contribution in [0.2, 0.25) is 0 Å². The molecule has 0 amide bonds. The first-order valence-corrected chi connectivity index (χ1v) is 10.7. The van der Waals surface area contributed by atoms with Gasteiger partial charge in [0.2, 0.25) is 0 Å². The quantitative estimate of drug-likeness (QED) is 0.822. The topological polar surface area (TPSA) is 24.1 Å². The number of thioether (sulfide) groups is 1. The Bertz CT molecular complexity index is 304. The third kappa shape index (κ3) is 4.39. The average molecular weight is 311 g/mol. The van der Waals surface area contributed by atoms with Gasteiger partial charge in [0, 0.05) is 23.4 Å². The maximum atomic E-state index is 4.12. The lowest BCUT2D eigenvalue weighted by Crippen LogP contribution is -2.53. The third-order valence-electron chi connectivity index (χ3n) is 6.09. The second kappa shape index (κ2) is 8.21. The van der Waals surface area contributed by atoms with E-state index in [0.717, 1.165) is 29.3 Å². The summed E-state index contributed by atoms with van der Waals surface area (Å²) in [5.74, 6) is 0.897. The fourth-order valence-corrected chi connectivity index (χ4v) is 5.73. The molecule has 3 aliphatic rings. The minimum atomic E-state index is 0.792. The molecule has 0 aromatic carbocycles. The largest absolute Gasteiger partial charge is 0.314 e. The molecule has 2 N–H and O–H groups in total. The lowest BCUT2D eigenvalue weighted by molar-refractivity contribution is 0.164. The molecule has 0 radical (unpaired) electrons. The predicted molar refractivity (Wildman–Crippen MR) is 94.1 cm³/mol. The van der Waals surface area contributed by atoms with Gasteiger partial charge in [0.15, 0.2) is 0 Å². The van der Waals surface area contributed by atoms with Crippen molar-refractivity contribution >= 4 is 11.8 Å². The molecular weight excluding hydrogens is 276 g/mol. The Hall–Kier alpha value is 0.270. The highest BCUT2D eigenvalue weighted by atomic mass is 32.2. The molecule has 3 rings (SSSR count). The van der Waals surface area contributed by atoms with Crippen LogP contribution in [0.25, 0.3) is 0 Å². The van der Waals surface area contributed by atoms with E-state index < -0.39 is 0 Å². The maximum Gasteiger partial charge on any atom is 0.0113 e. The second-order valence-corrected chi connectivity index (χ2v) is 8.64. The number of rotatable bonds is 4. The van der Waals surface area contributed by atoms with Crippen LogP contribution in [0, 0.1) is 5.92 Å². The molecule has 21 heavy (non-hydrogen) atoms. The van der Waals surface area contributed by atoms with E-state index in [9.17, 15) is 0 Å². The molecule has 0 bridgehead atoms. The van der Waals surface area contributed by atoms with Gasteiger partial charge in [0.05, 0.1) is 0 Å². The van der Waals surface area contributed by atoms with Crippen LogP contribution < -0.4 is 10.6 Å².